The Morgan fingerprint density at radius 3 is 2.56 bits per heavy atom. The summed E-state index contributed by atoms with van der Waals surface area (Å²) in [6, 6.07) is 13.2. The van der Waals surface area contributed by atoms with Crippen molar-refractivity contribution in [2.45, 2.75) is 26.8 Å². The molecule has 0 heterocycles. The number of benzene rings is 2. The maximum Gasteiger partial charge on any atom is 0.123 e. The number of aryl methyl sites for hydroxylation is 2. The third-order valence-electron chi connectivity index (χ3n) is 3.17. The lowest BCUT2D eigenvalue weighted by molar-refractivity contribution is 0.625. The van der Waals surface area contributed by atoms with Gasteiger partial charge in [0.1, 0.15) is 5.82 Å². The zero-order valence-corrected chi connectivity index (χ0v) is 10.8. The van der Waals surface area contributed by atoms with Crippen LogP contribution in [0, 0.1) is 12.7 Å². The van der Waals surface area contributed by atoms with Crippen molar-refractivity contribution in [1.82, 2.24) is 0 Å². The third-order valence-corrected chi connectivity index (χ3v) is 3.17. The zero-order valence-electron chi connectivity index (χ0n) is 10.8. The van der Waals surface area contributed by atoms with E-state index in [-0.39, 0.29) is 5.82 Å². The lowest BCUT2D eigenvalue weighted by atomic mass is 10.1. The predicted molar refractivity (Wildman–Crippen MR) is 74.3 cm³/mol. The van der Waals surface area contributed by atoms with Crippen LogP contribution in [0.1, 0.15) is 23.6 Å². The van der Waals surface area contributed by atoms with Crippen molar-refractivity contribution in [1.29, 1.82) is 0 Å². The lowest BCUT2D eigenvalue weighted by Gasteiger charge is -2.12. The highest BCUT2D eigenvalue weighted by Crippen LogP contribution is 2.18. The van der Waals surface area contributed by atoms with Gasteiger partial charge in [0.05, 0.1) is 0 Å². The van der Waals surface area contributed by atoms with Gasteiger partial charge in [-0.25, -0.2) is 4.39 Å². The van der Waals surface area contributed by atoms with Gasteiger partial charge in [0, 0.05) is 12.2 Å². The summed E-state index contributed by atoms with van der Waals surface area (Å²) in [5, 5.41) is 3.42. The molecule has 0 radical (unpaired) electrons. The van der Waals surface area contributed by atoms with E-state index in [1.807, 2.05) is 25.1 Å². The van der Waals surface area contributed by atoms with Gasteiger partial charge >= 0.3 is 0 Å². The molecule has 0 spiro atoms. The second-order valence-electron chi connectivity index (χ2n) is 4.44. The second kappa shape index (κ2) is 5.67. The van der Waals surface area contributed by atoms with Crippen molar-refractivity contribution in [2.75, 3.05) is 5.32 Å². The molecule has 0 bridgehead atoms. The minimum atomic E-state index is -0.176. The molecule has 0 saturated carbocycles. The van der Waals surface area contributed by atoms with Gasteiger partial charge in [0.15, 0.2) is 0 Å². The van der Waals surface area contributed by atoms with Crippen LogP contribution in [0.3, 0.4) is 0 Å². The maximum absolute atomic E-state index is 13.0. The van der Waals surface area contributed by atoms with Gasteiger partial charge in [-0.15, -0.1) is 0 Å². The molecule has 18 heavy (non-hydrogen) atoms. The average Bonchev–Trinajstić information content (AvgIpc) is 2.38. The van der Waals surface area contributed by atoms with Crippen molar-refractivity contribution in [3.05, 3.63) is 65.0 Å². The van der Waals surface area contributed by atoms with Gasteiger partial charge in [0.25, 0.3) is 0 Å². The Labute approximate surface area is 108 Å². The van der Waals surface area contributed by atoms with Crippen LogP contribution in [-0.2, 0) is 13.0 Å². The summed E-state index contributed by atoms with van der Waals surface area (Å²) >= 11 is 0. The zero-order chi connectivity index (χ0) is 13.0. The molecule has 2 heteroatoms. The molecule has 0 aliphatic heterocycles. The summed E-state index contributed by atoms with van der Waals surface area (Å²) < 4.78 is 13.0. The van der Waals surface area contributed by atoms with E-state index in [0.29, 0.717) is 0 Å². The van der Waals surface area contributed by atoms with E-state index < -0.39 is 0 Å². The van der Waals surface area contributed by atoms with Gasteiger partial charge < -0.3 is 5.32 Å². The van der Waals surface area contributed by atoms with Crippen molar-refractivity contribution in [3.8, 4) is 0 Å². The Kier molecular flexibility index (Phi) is 3.98. The summed E-state index contributed by atoms with van der Waals surface area (Å²) in [6.45, 7) is 4.80. The van der Waals surface area contributed by atoms with E-state index >= 15 is 0 Å². The van der Waals surface area contributed by atoms with Crippen molar-refractivity contribution in [3.63, 3.8) is 0 Å². The van der Waals surface area contributed by atoms with Crippen LogP contribution in [0.25, 0.3) is 0 Å². The number of hydrogen-bond acceptors (Lipinski definition) is 1. The largest absolute Gasteiger partial charge is 0.381 e. The first-order valence-corrected chi connectivity index (χ1v) is 6.27. The van der Waals surface area contributed by atoms with Crippen LogP contribution in [0.15, 0.2) is 42.5 Å². The minimum Gasteiger partial charge on any atom is -0.381 e. The van der Waals surface area contributed by atoms with Gasteiger partial charge in [-0.05, 0) is 48.2 Å². The summed E-state index contributed by atoms with van der Waals surface area (Å²) in [6.07, 6.45) is 1.01. The Morgan fingerprint density at radius 1 is 1.06 bits per heavy atom. The predicted octanol–water partition coefficient (Wildman–Crippen LogP) is 4.31. The first-order valence-electron chi connectivity index (χ1n) is 6.27. The number of para-hydroxylation sites is 1. The highest BCUT2D eigenvalue weighted by molar-refractivity contribution is 5.51. The van der Waals surface area contributed by atoms with Crippen LogP contribution >= 0.6 is 0 Å². The second-order valence-corrected chi connectivity index (χ2v) is 4.44. The molecule has 0 unspecified atom stereocenters. The molecule has 1 N–H and O–H groups in total. The molecule has 2 rings (SSSR count). The molecule has 0 aromatic heterocycles. The number of nitrogens with one attached hydrogen (secondary N) is 1. The molecule has 0 aliphatic carbocycles. The smallest absolute Gasteiger partial charge is 0.123 e. The fraction of sp³-hybridized carbons (Fsp3) is 0.250. The van der Waals surface area contributed by atoms with Crippen LogP contribution in [0.5, 0.6) is 0 Å². The molecule has 0 fully saturated rings. The van der Waals surface area contributed by atoms with E-state index in [4.69, 9.17) is 0 Å². The molecule has 0 atom stereocenters. The first-order chi connectivity index (χ1) is 8.70. The lowest BCUT2D eigenvalue weighted by Crippen LogP contribution is -2.03. The van der Waals surface area contributed by atoms with Crippen LogP contribution in [0.2, 0.25) is 0 Å². The van der Waals surface area contributed by atoms with E-state index in [0.717, 1.165) is 29.8 Å². The molecule has 2 aromatic carbocycles. The van der Waals surface area contributed by atoms with E-state index in [1.54, 1.807) is 6.07 Å². The highest BCUT2D eigenvalue weighted by atomic mass is 19.1. The molecule has 94 valence electrons. The monoisotopic (exact) mass is 243 g/mol. The summed E-state index contributed by atoms with van der Waals surface area (Å²) in [5.41, 5.74) is 4.57. The molecule has 0 saturated heterocycles. The number of halogens is 1. The van der Waals surface area contributed by atoms with Crippen molar-refractivity contribution < 1.29 is 4.39 Å². The first kappa shape index (κ1) is 12.6. The fourth-order valence-corrected chi connectivity index (χ4v) is 2.05. The van der Waals surface area contributed by atoms with Crippen LogP contribution < -0.4 is 5.32 Å². The van der Waals surface area contributed by atoms with Gasteiger partial charge in [-0.3, -0.25) is 0 Å². The normalized spacial score (nSPS) is 10.4. The van der Waals surface area contributed by atoms with Gasteiger partial charge in [0.2, 0.25) is 0 Å². The molecular weight excluding hydrogens is 225 g/mol. The van der Waals surface area contributed by atoms with E-state index in [9.17, 15) is 4.39 Å². The summed E-state index contributed by atoms with van der Waals surface area (Å²) in [7, 11) is 0. The number of rotatable bonds is 4. The van der Waals surface area contributed by atoms with Crippen LogP contribution in [-0.4, -0.2) is 0 Å². The quantitative estimate of drug-likeness (QED) is 0.843. The molecule has 1 nitrogen and oxygen atoms in total. The number of hydrogen-bond donors (Lipinski definition) is 1. The molecule has 0 aliphatic rings. The topological polar surface area (TPSA) is 12.0 Å². The SMILES string of the molecule is CCc1ccccc1NCc1ccc(F)cc1C. The van der Waals surface area contributed by atoms with Crippen molar-refractivity contribution in [2.24, 2.45) is 0 Å². The summed E-state index contributed by atoms with van der Waals surface area (Å²) in [4.78, 5) is 0. The Balaban J connectivity index is 2.11. The van der Waals surface area contributed by atoms with Crippen LogP contribution in [0.4, 0.5) is 10.1 Å². The number of anilines is 1. The standard InChI is InChI=1S/C16H18FN/c1-3-13-6-4-5-7-16(13)18-11-14-8-9-15(17)10-12(14)2/h4-10,18H,3,11H2,1-2H3. The Bertz CT molecular complexity index is 534. The van der Waals surface area contributed by atoms with Gasteiger partial charge in [-0.1, -0.05) is 31.2 Å². The van der Waals surface area contributed by atoms with Gasteiger partial charge in [-0.2, -0.15) is 0 Å². The Hall–Kier alpha value is -1.83. The van der Waals surface area contributed by atoms with Crippen molar-refractivity contribution >= 4 is 5.69 Å². The Morgan fingerprint density at radius 2 is 1.83 bits per heavy atom. The highest BCUT2D eigenvalue weighted by Gasteiger charge is 2.02. The maximum atomic E-state index is 13.0. The molecule has 2 aromatic rings. The van der Waals surface area contributed by atoms with E-state index in [2.05, 4.69) is 24.4 Å². The molecular formula is C16H18FN. The third kappa shape index (κ3) is 2.89. The average molecular weight is 243 g/mol. The fourth-order valence-electron chi connectivity index (χ4n) is 2.05. The molecule has 0 amide bonds. The van der Waals surface area contributed by atoms with E-state index in [1.165, 1.54) is 11.6 Å². The summed E-state index contributed by atoms with van der Waals surface area (Å²) in [5.74, 6) is -0.176. The minimum absolute atomic E-state index is 0.176.